The van der Waals surface area contributed by atoms with Gasteiger partial charge in [0.1, 0.15) is 0 Å². The molecule has 0 saturated carbocycles. The third-order valence-electron chi connectivity index (χ3n) is 3.04. The first-order valence-electron chi connectivity index (χ1n) is 6.22. The van der Waals surface area contributed by atoms with Gasteiger partial charge in [-0.2, -0.15) is 10.2 Å². The Morgan fingerprint density at radius 1 is 1.38 bits per heavy atom. The number of nitrogens with zero attached hydrogens (tertiary/aromatic N) is 4. The van der Waals surface area contributed by atoms with Gasteiger partial charge in [0, 0.05) is 19.8 Å². The molecular formula is C12H15BrN6O2. The second-order valence-corrected chi connectivity index (χ2v) is 5.23. The SMILES string of the molecule is CCn1cc(NC(=O)c2nn(C)c(C)c2Br)c(C(N)=O)n1. The van der Waals surface area contributed by atoms with Gasteiger partial charge in [0.2, 0.25) is 0 Å². The van der Waals surface area contributed by atoms with E-state index >= 15 is 0 Å². The maximum Gasteiger partial charge on any atom is 0.277 e. The van der Waals surface area contributed by atoms with Crippen LogP contribution in [0.3, 0.4) is 0 Å². The molecule has 0 aliphatic rings. The monoisotopic (exact) mass is 354 g/mol. The molecule has 21 heavy (non-hydrogen) atoms. The van der Waals surface area contributed by atoms with Crippen LogP contribution in [0.1, 0.15) is 33.6 Å². The van der Waals surface area contributed by atoms with Crippen LogP contribution in [0.4, 0.5) is 5.69 Å². The highest BCUT2D eigenvalue weighted by Gasteiger charge is 2.21. The summed E-state index contributed by atoms with van der Waals surface area (Å²) in [7, 11) is 1.74. The number of anilines is 1. The normalized spacial score (nSPS) is 10.7. The molecule has 2 aromatic rings. The van der Waals surface area contributed by atoms with Gasteiger partial charge in [-0.3, -0.25) is 19.0 Å². The van der Waals surface area contributed by atoms with Gasteiger partial charge in [0.05, 0.1) is 15.9 Å². The number of primary amides is 1. The van der Waals surface area contributed by atoms with Crippen LogP contribution in [0, 0.1) is 6.92 Å². The molecule has 8 nitrogen and oxygen atoms in total. The first kappa shape index (κ1) is 15.2. The standard InChI is InChI=1S/C12H15BrN6O2/c1-4-19-5-7(9(17-19)11(14)20)15-12(21)10-8(13)6(2)18(3)16-10/h5H,4H2,1-3H3,(H2,14,20)(H,15,21). The summed E-state index contributed by atoms with van der Waals surface area (Å²) in [6.07, 6.45) is 1.56. The fourth-order valence-electron chi connectivity index (χ4n) is 1.77. The number of nitrogens with one attached hydrogen (secondary N) is 1. The van der Waals surface area contributed by atoms with E-state index in [2.05, 4.69) is 31.4 Å². The van der Waals surface area contributed by atoms with Crippen molar-refractivity contribution in [1.82, 2.24) is 19.6 Å². The zero-order valence-corrected chi connectivity index (χ0v) is 13.4. The number of hydrogen-bond acceptors (Lipinski definition) is 4. The fourth-order valence-corrected chi connectivity index (χ4v) is 2.28. The van der Waals surface area contributed by atoms with Gasteiger partial charge in [-0.15, -0.1) is 0 Å². The lowest BCUT2D eigenvalue weighted by Gasteiger charge is -2.01. The van der Waals surface area contributed by atoms with Gasteiger partial charge >= 0.3 is 0 Å². The van der Waals surface area contributed by atoms with E-state index in [4.69, 9.17) is 5.73 Å². The number of aryl methyl sites for hydroxylation is 2. The van der Waals surface area contributed by atoms with Gasteiger partial charge in [0.15, 0.2) is 11.4 Å². The molecule has 0 aliphatic heterocycles. The number of halogens is 1. The largest absolute Gasteiger partial charge is 0.364 e. The van der Waals surface area contributed by atoms with E-state index in [9.17, 15) is 9.59 Å². The molecule has 0 aromatic carbocycles. The lowest BCUT2D eigenvalue weighted by molar-refractivity contribution is 0.0995. The van der Waals surface area contributed by atoms with E-state index in [1.54, 1.807) is 17.9 Å². The van der Waals surface area contributed by atoms with E-state index in [-0.39, 0.29) is 17.1 Å². The molecule has 0 saturated heterocycles. The molecule has 2 heterocycles. The van der Waals surface area contributed by atoms with Gasteiger partial charge in [-0.25, -0.2) is 0 Å². The summed E-state index contributed by atoms with van der Waals surface area (Å²) < 4.78 is 3.71. The maximum atomic E-state index is 12.3. The highest BCUT2D eigenvalue weighted by molar-refractivity contribution is 9.10. The summed E-state index contributed by atoms with van der Waals surface area (Å²) in [6, 6.07) is 0. The van der Waals surface area contributed by atoms with E-state index < -0.39 is 11.8 Å². The fraction of sp³-hybridized carbons (Fsp3) is 0.333. The smallest absolute Gasteiger partial charge is 0.277 e. The third-order valence-corrected chi connectivity index (χ3v) is 3.99. The molecule has 0 spiro atoms. The van der Waals surface area contributed by atoms with Gasteiger partial charge in [-0.1, -0.05) is 0 Å². The van der Waals surface area contributed by atoms with Crippen molar-refractivity contribution in [2.45, 2.75) is 20.4 Å². The maximum absolute atomic E-state index is 12.3. The highest BCUT2D eigenvalue weighted by Crippen LogP contribution is 2.22. The zero-order valence-electron chi connectivity index (χ0n) is 11.8. The molecule has 0 aliphatic carbocycles. The lowest BCUT2D eigenvalue weighted by Crippen LogP contribution is -2.18. The van der Waals surface area contributed by atoms with Gasteiger partial charge < -0.3 is 11.1 Å². The zero-order chi connectivity index (χ0) is 15.7. The molecule has 0 atom stereocenters. The predicted molar refractivity (Wildman–Crippen MR) is 80.0 cm³/mol. The minimum atomic E-state index is -0.700. The Morgan fingerprint density at radius 3 is 2.52 bits per heavy atom. The van der Waals surface area contributed by atoms with Crippen molar-refractivity contribution in [3.8, 4) is 0 Å². The first-order chi connectivity index (χ1) is 9.85. The molecule has 3 N–H and O–H groups in total. The van der Waals surface area contributed by atoms with Gasteiger partial charge in [0.25, 0.3) is 11.8 Å². The van der Waals surface area contributed by atoms with Crippen molar-refractivity contribution >= 4 is 33.4 Å². The van der Waals surface area contributed by atoms with E-state index in [1.165, 1.54) is 4.68 Å². The van der Waals surface area contributed by atoms with Crippen LogP contribution in [-0.2, 0) is 13.6 Å². The average Bonchev–Trinajstić information content (AvgIpc) is 2.95. The summed E-state index contributed by atoms with van der Waals surface area (Å²) in [5.74, 6) is -1.14. The second-order valence-electron chi connectivity index (χ2n) is 4.44. The Balaban J connectivity index is 2.33. The average molecular weight is 355 g/mol. The summed E-state index contributed by atoms with van der Waals surface area (Å²) >= 11 is 3.32. The summed E-state index contributed by atoms with van der Waals surface area (Å²) in [6.45, 7) is 4.25. The van der Waals surface area contributed by atoms with Crippen LogP contribution in [0.5, 0.6) is 0 Å². The lowest BCUT2D eigenvalue weighted by atomic mass is 10.3. The van der Waals surface area contributed by atoms with Crippen molar-refractivity contribution in [1.29, 1.82) is 0 Å². The van der Waals surface area contributed by atoms with E-state index in [1.807, 2.05) is 13.8 Å². The Labute approximate surface area is 129 Å². The number of aromatic nitrogens is 4. The van der Waals surface area contributed by atoms with Crippen LogP contribution in [-0.4, -0.2) is 31.4 Å². The van der Waals surface area contributed by atoms with Crippen molar-refractivity contribution < 1.29 is 9.59 Å². The molecule has 2 aromatic heterocycles. The number of hydrogen-bond donors (Lipinski definition) is 2. The minimum Gasteiger partial charge on any atom is -0.364 e. The van der Waals surface area contributed by atoms with Crippen LogP contribution in [0.2, 0.25) is 0 Å². The molecule has 2 amide bonds. The van der Waals surface area contributed by atoms with E-state index in [0.717, 1.165) is 5.69 Å². The Morgan fingerprint density at radius 2 is 2.05 bits per heavy atom. The van der Waals surface area contributed by atoms with Gasteiger partial charge in [-0.05, 0) is 29.8 Å². The van der Waals surface area contributed by atoms with Crippen LogP contribution >= 0.6 is 15.9 Å². The van der Waals surface area contributed by atoms with Crippen LogP contribution in [0.15, 0.2) is 10.7 Å². The first-order valence-corrected chi connectivity index (χ1v) is 7.02. The number of carbonyl (C=O) groups excluding carboxylic acids is 2. The van der Waals surface area contributed by atoms with Crippen molar-refractivity contribution in [3.63, 3.8) is 0 Å². The van der Waals surface area contributed by atoms with E-state index in [0.29, 0.717) is 11.0 Å². The predicted octanol–water partition coefficient (Wildman–Crippen LogP) is 1.06. The molecule has 0 bridgehead atoms. The second kappa shape index (κ2) is 5.68. The third kappa shape index (κ3) is 2.82. The molecule has 2 rings (SSSR count). The summed E-state index contributed by atoms with van der Waals surface area (Å²) in [5, 5.41) is 10.7. The Kier molecular flexibility index (Phi) is 4.12. The van der Waals surface area contributed by atoms with Crippen LogP contribution in [0.25, 0.3) is 0 Å². The summed E-state index contributed by atoms with van der Waals surface area (Å²) in [5.41, 5.74) is 6.60. The van der Waals surface area contributed by atoms with Crippen molar-refractivity contribution in [3.05, 3.63) is 27.8 Å². The topological polar surface area (TPSA) is 108 Å². The van der Waals surface area contributed by atoms with Crippen molar-refractivity contribution in [2.24, 2.45) is 12.8 Å². The number of nitrogens with two attached hydrogens (primary N) is 1. The highest BCUT2D eigenvalue weighted by atomic mass is 79.9. The molecule has 0 fully saturated rings. The molecule has 0 radical (unpaired) electrons. The number of rotatable bonds is 4. The molecular weight excluding hydrogens is 340 g/mol. The number of carbonyl (C=O) groups is 2. The molecule has 9 heteroatoms. The Hall–Kier alpha value is -2.16. The quantitative estimate of drug-likeness (QED) is 0.855. The summed E-state index contributed by atoms with van der Waals surface area (Å²) in [4.78, 5) is 23.6. The molecule has 112 valence electrons. The Bertz CT molecular complexity index is 718. The van der Waals surface area contributed by atoms with Crippen molar-refractivity contribution in [2.75, 3.05) is 5.32 Å². The number of amides is 2. The van der Waals surface area contributed by atoms with Crippen LogP contribution < -0.4 is 11.1 Å². The minimum absolute atomic E-state index is 0.0222. The molecule has 0 unspecified atom stereocenters.